The van der Waals surface area contributed by atoms with E-state index < -0.39 is 31.6 Å². The number of aromatic nitrogens is 3. The number of ether oxygens (including phenoxy) is 2. The van der Waals surface area contributed by atoms with E-state index in [0.717, 1.165) is 25.9 Å². The highest BCUT2D eigenvalue weighted by atomic mass is 127. The normalized spacial score (nSPS) is 23.5. The highest BCUT2D eigenvalue weighted by Crippen LogP contribution is 2.60. The molecular weight excluding hydrogens is 702 g/mol. The van der Waals surface area contributed by atoms with Crippen molar-refractivity contribution in [3.05, 3.63) is 105 Å². The molecule has 1 unspecified atom stereocenters. The van der Waals surface area contributed by atoms with E-state index in [2.05, 4.69) is 32.9 Å². The lowest BCUT2D eigenvalue weighted by Crippen LogP contribution is -2.45. The van der Waals surface area contributed by atoms with Gasteiger partial charge in [0, 0.05) is 33.3 Å². The molecule has 2 aliphatic heterocycles. The Morgan fingerprint density at radius 3 is 2.53 bits per heavy atom. The van der Waals surface area contributed by atoms with Crippen molar-refractivity contribution in [1.29, 1.82) is 0 Å². The van der Waals surface area contributed by atoms with Gasteiger partial charge >= 0.3 is 0 Å². The number of carbonyl (C=O) groups excluding carboxylic acids is 1. The Morgan fingerprint density at radius 2 is 1.87 bits per heavy atom. The van der Waals surface area contributed by atoms with Crippen LogP contribution in [-0.2, 0) is 28.2 Å². The van der Waals surface area contributed by atoms with Gasteiger partial charge in [0.2, 0.25) is 8.41 Å². The average molecular weight is 741 g/mol. The number of aliphatic hydroxyl groups is 1. The number of amides is 1. The fourth-order valence-electron chi connectivity index (χ4n) is 7.25. The molecule has 0 saturated carbocycles. The number of fused-ring (bicyclic) bond motifs is 2. The van der Waals surface area contributed by atoms with Crippen molar-refractivity contribution in [3.8, 4) is 5.75 Å². The number of hydrogen-bond donors (Lipinski definition) is 1. The van der Waals surface area contributed by atoms with Crippen molar-refractivity contribution in [3.63, 3.8) is 0 Å². The van der Waals surface area contributed by atoms with Gasteiger partial charge in [0.15, 0.2) is 5.60 Å². The highest BCUT2D eigenvalue weighted by molar-refractivity contribution is 14.1. The Morgan fingerprint density at radius 1 is 1.13 bits per heavy atom. The van der Waals surface area contributed by atoms with Crippen molar-refractivity contribution in [1.82, 2.24) is 15.0 Å². The zero-order valence-corrected chi connectivity index (χ0v) is 29.0. The maximum Gasteiger partial charge on any atom is 0.264 e. The Balaban J connectivity index is 1.31. The van der Waals surface area contributed by atoms with Crippen LogP contribution in [-0.4, -0.2) is 54.2 Å². The van der Waals surface area contributed by atoms with Crippen LogP contribution < -0.4 is 9.64 Å². The van der Waals surface area contributed by atoms with E-state index in [1.54, 1.807) is 29.8 Å². The van der Waals surface area contributed by atoms with Crippen LogP contribution in [0.25, 0.3) is 0 Å². The smallest absolute Gasteiger partial charge is 0.264 e. The lowest BCUT2D eigenvalue weighted by molar-refractivity contribution is -0.146. The summed E-state index contributed by atoms with van der Waals surface area (Å²) in [5, 5.41) is 18.8. The summed E-state index contributed by atoms with van der Waals surface area (Å²) in [6.45, 7) is 6.10. The first-order valence-corrected chi connectivity index (χ1v) is 19.3. The first kappa shape index (κ1) is 31.8. The van der Waals surface area contributed by atoms with Crippen molar-refractivity contribution in [2.24, 2.45) is 5.92 Å². The molecule has 1 spiro atoms. The molecule has 1 fully saturated rings. The number of hydrogen-bond acceptors (Lipinski definition) is 6. The van der Waals surface area contributed by atoms with Crippen LogP contribution >= 0.6 is 22.6 Å². The van der Waals surface area contributed by atoms with Crippen molar-refractivity contribution >= 4 is 42.6 Å². The summed E-state index contributed by atoms with van der Waals surface area (Å²) in [5.74, 6) is -0.245. The third kappa shape index (κ3) is 5.83. The second-order valence-electron chi connectivity index (χ2n) is 12.5. The standard InChI is InChI=1S/C34H38FIN4O4Si/c1-22-32(45(3,4)35)31(16-17-39-20-29(37-38-39)27(21-41)24-8-6-5-7-9-24)44-34(22)28-18-26(43-2)14-15-30(28)40(33(34)42)19-23-10-12-25(36)13-11-23/h5-15,18,20,22,27,31-32,41H,16-17,19,21H2,1-4H3/t22-,27?,31+,32-,34+/m1/s1. The summed E-state index contributed by atoms with van der Waals surface area (Å²) in [6.07, 6.45) is 1.78. The number of methoxy groups -OCH3 is 1. The zero-order valence-electron chi connectivity index (χ0n) is 25.9. The molecule has 4 aromatic rings. The van der Waals surface area contributed by atoms with E-state index in [4.69, 9.17) is 9.47 Å². The van der Waals surface area contributed by atoms with Crippen molar-refractivity contribution < 1.29 is 23.5 Å². The Kier molecular flexibility index (Phi) is 8.90. The number of carbonyl (C=O) groups is 1. The number of benzene rings is 3. The van der Waals surface area contributed by atoms with Gasteiger partial charge in [-0.2, -0.15) is 0 Å². The molecule has 5 atom stereocenters. The van der Waals surface area contributed by atoms with Crippen LogP contribution in [0.2, 0.25) is 18.6 Å². The Hall–Kier alpha value is -3.13. The van der Waals surface area contributed by atoms with E-state index >= 15 is 4.11 Å². The third-order valence-corrected chi connectivity index (χ3v) is 12.5. The summed E-state index contributed by atoms with van der Waals surface area (Å²) in [6, 6.07) is 23.4. The molecule has 1 amide bonds. The number of anilines is 1. The fourth-order valence-corrected chi connectivity index (χ4v) is 10.2. The second-order valence-corrected chi connectivity index (χ2v) is 17.6. The van der Waals surface area contributed by atoms with Gasteiger partial charge in [-0.1, -0.05) is 54.6 Å². The molecule has 1 saturated heterocycles. The number of nitrogens with zero attached hydrogens (tertiary/aromatic N) is 4. The van der Waals surface area contributed by atoms with Gasteiger partial charge in [0.05, 0.1) is 43.7 Å². The average Bonchev–Trinajstić information content (AvgIpc) is 3.68. The lowest BCUT2D eigenvalue weighted by Gasteiger charge is -2.31. The molecule has 0 aliphatic carbocycles. The predicted octanol–water partition coefficient (Wildman–Crippen LogP) is 6.43. The number of halogens is 2. The van der Waals surface area contributed by atoms with Gasteiger partial charge < -0.3 is 23.6 Å². The highest BCUT2D eigenvalue weighted by Gasteiger charge is 2.66. The summed E-state index contributed by atoms with van der Waals surface area (Å²) in [7, 11) is -1.73. The van der Waals surface area contributed by atoms with Crippen molar-refractivity contribution in [2.45, 2.75) is 62.7 Å². The molecule has 11 heteroatoms. The molecule has 0 bridgehead atoms. The summed E-state index contributed by atoms with van der Waals surface area (Å²) < 4.78 is 31.6. The minimum Gasteiger partial charge on any atom is -0.497 e. The van der Waals surface area contributed by atoms with E-state index in [9.17, 15) is 9.90 Å². The van der Waals surface area contributed by atoms with Crippen LogP contribution in [0, 0.1) is 9.49 Å². The van der Waals surface area contributed by atoms with Crippen molar-refractivity contribution in [2.75, 3.05) is 18.6 Å². The first-order valence-electron chi connectivity index (χ1n) is 15.2. The van der Waals surface area contributed by atoms with Gasteiger partial charge in [-0.05, 0) is 83.6 Å². The Bertz CT molecular complexity index is 1660. The fraction of sp³-hybridized carbons (Fsp3) is 0.382. The Labute approximate surface area is 277 Å². The van der Waals surface area contributed by atoms with Crippen LogP contribution in [0.4, 0.5) is 9.80 Å². The van der Waals surface area contributed by atoms with Gasteiger partial charge in [-0.25, -0.2) is 0 Å². The monoisotopic (exact) mass is 740 g/mol. The number of aryl methyl sites for hydroxylation is 1. The molecular formula is C34H38FIN4O4Si. The first-order chi connectivity index (χ1) is 21.6. The summed E-state index contributed by atoms with van der Waals surface area (Å²) >= 11 is 2.27. The summed E-state index contributed by atoms with van der Waals surface area (Å²) in [5.41, 5.74) is 2.35. The molecule has 3 aromatic carbocycles. The maximum absolute atomic E-state index is 16.3. The SMILES string of the molecule is COc1ccc2c(c1)[C@]1(O[C@@H](CCn3cc(C(CO)c4ccccc4)nn3)[C@H]([Si](C)(C)F)[C@H]1C)C(=O)N2Cc1ccc(I)cc1. The van der Waals surface area contributed by atoms with E-state index in [0.29, 0.717) is 31.0 Å². The molecule has 1 N–H and O–H groups in total. The number of aliphatic hydroxyl groups excluding tert-OH is 1. The van der Waals surface area contributed by atoms with E-state index in [1.807, 2.05) is 85.9 Å². The van der Waals surface area contributed by atoms with Crippen LogP contribution in [0.3, 0.4) is 0 Å². The molecule has 0 radical (unpaired) electrons. The quantitative estimate of drug-likeness (QED) is 0.115. The van der Waals surface area contributed by atoms with Crippen LogP contribution in [0.15, 0.2) is 79.0 Å². The minimum absolute atomic E-state index is 0.0953. The van der Waals surface area contributed by atoms with Gasteiger partial charge in [-0.15, -0.1) is 5.10 Å². The molecule has 2 aliphatic rings. The molecule has 236 valence electrons. The second kappa shape index (κ2) is 12.6. The summed E-state index contributed by atoms with van der Waals surface area (Å²) in [4.78, 5) is 16.4. The zero-order chi connectivity index (χ0) is 31.9. The van der Waals surface area contributed by atoms with Crippen LogP contribution in [0.1, 0.15) is 41.6 Å². The van der Waals surface area contributed by atoms with Gasteiger partial charge in [0.25, 0.3) is 5.91 Å². The third-order valence-electron chi connectivity index (χ3n) is 9.36. The van der Waals surface area contributed by atoms with E-state index in [1.165, 1.54) is 0 Å². The molecule has 6 rings (SSSR count). The minimum atomic E-state index is -3.33. The largest absolute Gasteiger partial charge is 0.497 e. The van der Waals surface area contributed by atoms with Gasteiger partial charge in [0.1, 0.15) is 5.75 Å². The molecule has 8 nitrogen and oxygen atoms in total. The number of rotatable bonds is 10. The van der Waals surface area contributed by atoms with Gasteiger partial charge in [-0.3, -0.25) is 9.48 Å². The molecule has 3 heterocycles. The topological polar surface area (TPSA) is 89.7 Å². The molecule has 45 heavy (non-hydrogen) atoms. The predicted molar refractivity (Wildman–Crippen MR) is 181 cm³/mol. The molecule has 1 aromatic heterocycles. The van der Waals surface area contributed by atoms with Crippen LogP contribution in [0.5, 0.6) is 5.75 Å². The van der Waals surface area contributed by atoms with E-state index in [-0.39, 0.29) is 18.4 Å². The lowest BCUT2D eigenvalue weighted by atomic mass is 9.82. The maximum atomic E-state index is 16.3.